The Morgan fingerprint density at radius 2 is 2.05 bits per heavy atom. The minimum absolute atomic E-state index is 0.00474. The van der Waals surface area contributed by atoms with Crippen molar-refractivity contribution in [1.82, 2.24) is 15.2 Å². The van der Waals surface area contributed by atoms with Gasteiger partial charge in [-0.2, -0.15) is 0 Å². The van der Waals surface area contributed by atoms with Crippen molar-refractivity contribution in [2.75, 3.05) is 6.54 Å². The van der Waals surface area contributed by atoms with Crippen molar-refractivity contribution in [3.05, 3.63) is 36.0 Å². The van der Waals surface area contributed by atoms with Crippen LogP contribution in [-0.2, 0) is 16.1 Å². The summed E-state index contributed by atoms with van der Waals surface area (Å²) in [5, 5.41) is 3.87. The van der Waals surface area contributed by atoms with Gasteiger partial charge >= 0.3 is 0 Å². The highest BCUT2D eigenvalue weighted by molar-refractivity contribution is 5.95. The smallest absolute Gasteiger partial charge is 0.246 e. The highest BCUT2D eigenvalue weighted by Crippen LogP contribution is 2.21. The van der Waals surface area contributed by atoms with Crippen molar-refractivity contribution in [1.29, 1.82) is 0 Å². The number of fused-ring (bicyclic) bond motifs is 1. The molecule has 5 heteroatoms. The summed E-state index contributed by atoms with van der Waals surface area (Å²) in [4.78, 5) is 29.1. The fraction of sp³-hybridized carbons (Fsp3) is 0.375. The van der Waals surface area contributed by atoms with Crippen LogP contribution in [0.5, 0.6) is 0 Å². The van der Waals surface area contributed by atoms with Gasteiger partial charge in [-0.25, -0.2) is 0 Å². The van der Waals surface area contributed by atoms with Crippen molar-refractivity contribution in [3.8, 4) is 0 Å². The van der Waals surface area contributed by atoms with Crippen molar-refractivity contribution in [2.45, 2.75) is 26.4 Å². The molecule has 2 heterocycles. The number of para-hydroxylation sites is 1. The molecule has 1 aromatic heterocycles. The number of nitrogens with one attached hydrogen (secondary N) is 2. The molecule has 1 aromatic carbocycles. The average Bonchev–Trinajstić information content (AvgIpc) is 2.85. The highest BCUT2D eigenvalue weighted by Gasteiger charge is 2.34. The van der Waals surface area contributed by atoms with Crippen molar-refractivity contribution < 1.29 is 9.59 Å². The number of aromatic nitrogens is 1. The average molecular weight is 285 g/mol. The maximum Gasteiger partial charge on any atom is 0.246 e. The summed E-state index contributed by atoms with van der Waals surface area (Å²) in [6, 6.07) is 7.55. The van der Waals surface area contributed by atoms with E-state index in [2.05, 4.69) is 10.3 Å². The first-order valence-electron chi connectivity index (χ1n) is 7.19. The largest absolute Gasteiger partial charge is 0.361 e. The zero-order valence-corrected chi connectivity index (χ0v) is 12.2. The number of nitrogens with zero attached hydrogens (tertiary/aromatic N) is 1. The van der Waals surface area contributed by atoms with Gasteiger partial charge in [0.2, 0.25) is 11.8 Å². The minimum Gasteiger partial charge on any atom is -0.361 e. The number of rotatable bonds is 3. The summed E-state index contributed by atoms with van der Waals surface area (Å²) in [5.41, 5.74) is 2.08. The van der Waals surface area contributed by atoms with E-state index in [1.54, 1.807) is 4.90 Å². The molecule has 1 aliphatic rings. The number of benzene rings is 1. The van der Waals surface area contributed by atoms with Crippen LogP contribution < -0.4 is 5.32 Å². The lowest BCUT2D eigenvalue weighted by atomic mass is 10.0. The molecule has 5 nitrogen and oxygen atoms in total. The van der Waals surface area contributed by atoms with Crippen LogP contribution in [0.1, 0.15) is 19.4 Å². The third-order valence-corrected chi connectivity index (χ3v) is 3.93. The second-order valence-electron chi connectivity index (χ2n) is 5.84. The third-order valence-electron chi connectivity index (χ3n) is 3.93. The van der Waals surface area contributed by atoms with Crippen molar-refractivity contribution in [2.24, 2.45) is 5.92 Å². The molecule has 2 amide bonds. The second kappa shape index (κ2) is 5.24. The number of piperazine rings is 1. The Kier molecular flexibility index (Phi) is 3.41. The number of carbonyl (C=O) groups is 2. The van der Waals surface area contributed by atoms with Gasteiger partial charge < -0.3 is 15.2 Å². The molecule has 0 aliphatic carbocycles. The van der Waals surface area contributed by atoms with Crippen LogP contribution in [0.2, 0.25) is 0 Å². The van der Waals surface area contributed by atoms with E-state index in [4.69, 9.17) is 0 Å². The van der Waals surface area contributed by atoms with E-state index in [1.807, 2.05) is 44.3 Å². The maximum atomic E-state index is 12.5. The van der Waals surface area contributed by atoms with Gasteiger partial charge in [0.25, 0.3) is 0 Å². The van der Waals surface area contributed by atoms with Crippen LogP contribution in [0.4, 0.5) is 0 Å². The van der Waals surface area contributed by atoms with Crippen LogP contribution in [0.25, 0.3) is 10.9 Å². The lowest BCUT2D eigenvalue weighted by molar-refractivity contribution is -0.146. The van der Waals surface area contributed by atoms with E-state index in [9.17, 15) is 9.59 Å². The molecule has 0 radical (unpaired) electrons. The fourth-order valence-corrected chi connectivity index (χ4v) is 2.78. The maximum absolute atomic E-state index is 12.5. The van der Waals surface area contributed by atoms with Crippen LogP contribution in [0, 0.1) is 5.92 Å². The van der Waals surface area contributed by atoms with Crippen molar-refractivity contribution in [3.63, 3.8) is 0 Å². The molecule has 0 spiro atoms. The number of hydrogen-bond donors (Lipinski definition) is 2. The first kappa shape index (κ1) is 13.7. The molecular weight excluding hydrogens is 266 g/mol. The molecule has 1 aliphatic heterocycles. The van der Waals surface area contributed by atoms with Gasteiger partial charge in [0, 0.05) is 23.6 Å². The lowest BCUT2D eigenvalue weighted by Gasteiger charge is -2.34. The van der Waals surface area contributed by atoms with Crippen LogP contribution in [0.3, 0.4) is 0 Å². The molecule has 21 heavy (non-hydrogen) atoms. The Labute approximate surface area is 123 Å². The summed E-state index contributed by atoms with van der Waals surface area (Å²) >= 11 is 0. The van der Waals surface area contributed by atoms with Gasteiger partial charge in [-0.15, -0.1) is 0 Å². The first-order valence-corrected chi connectivity index (χ1v) is 7.19. The topological polar surface area (TPSA) is 65.2 Å². The van der Waals surface area contributed by atoms with E-state index >= 15 is 0 Å². The van der Waals surface area contributed by atoms with Gasteiger partial charge in [0.05, 0.1) is 6.54 Å². The predicted molar refractivity (Wildman–Crippen MR) is 80.5 cm³/mol. The van der Waals surface area contributed by atoms with Gasteiger partial charge in [-0.05, 0) is 17.5 Å². The van der Waals surface area contributed by atoms with Crippen molar-refractivity contribution >= 4 is 22.7 Å². The molecule has 110 valence electrons. The number of H-pyrrole nitrogens is 1. The molecule has 1 atom stereocenters. The SMILES string of the molecule is CC(C)C1NC(=O)CN(Cc2c[nH]c3ccccc23)C1=O. The quantitative estimate of drug-likeness (QED) is 0.900. The molecule has 2 aromatic rings. The summed E-state index contributed by atoms with van der Waals surface area (Å²) in [6.07, 6.45) is 1.91. The first-order chi connectivity index (χ1) is 10.1. The Bertz CT molecular complexity index is 690. The summed E-state index contributed by atoms with van der Waals surface area (Å²) < 4.78 is 0. The van der Waals surface area contributed by atoms with Gasteiger partial charge in [-0.1, -0.05) is 32.0 Å². The zero-order valence-electron chi connectivity index (χ0n) is 12.2. The number of amides is 2. The van der Waals surface area contributed by atoms with E-state index in [0.29, 0.717) is 6.54 Å². The Hall–Kier alpha value is -2.30. The predicted octanol–water partition coefficient (Wildman–Crippen LogP) is 1.65. The Morgan fingerprint density at radius 1 is 1.29 bits per heavy atom. The van der Waals surface area contributed by atoms with Crippen LogP contribution >= 0.6 is 0 Å². The monoisotopic (exact) mass is 285 g/mol. The second-order valence-corrected chi connectivity index (χ2v) is 5.84. The molecule has 0 bridgehead atoms. The van der Waals surface area contributed by atoms with E-state index in [-0.39, 0.29) is 24.3 Å². The number of aromatic amines is 1. The molecule has 0 saturated carbocycles. The minimum atomic E-state index is -0.420. The van der Waals surface area contributed by atoms with Gasteiger partial charge in [0.15, 0.2) is 0 Å². The Balaban J connectivity index is 1.86. The summed E-state index contributed by atoms with van der Waals surface area (Å²) in [7, 11) is 0. The lowest BCUT2D eigenvalue weighted by Crippen LogP contribution is -2.59. The molecule has 3 rings (SSSR count). The van der Waals surface area contributed by atoms with Crippen LogP contribution in [-0.4, -0.2) is 34.3 Å². The Morgan fingerprint density at radius 3 is 2.81 bits per heavy atom. The molecule has 1 saturated heterocycles. The molecule has 1 unspecified atom stereocenters. The van der Waals surface area contributed by atoms with E-state index in [1.165, 1.54) is 0 Å². The molecular formula is C16H19N3O2. The normalized spacial score (nSPS) is 19.4. The fourth-order valence-electron chi connectivity index (χ4n) is 2.78. The van der Waals surface area contributed by atoms with E-state index in [0.717, 1.165) is 16.5 Å². The van der Waals surface area contributed by atoms with Gasteiger partial charge in [0.1, 0.15) is 6.04 Å². The highest BCUT2D eigenvalue weighted by atomic mass is 16.2. The van der Waals surface area contributed by atoms with Gasteiger partial charge in [-0.3, -0.25) is 9.59 Å². The van der Waals surface area contributed by atoms with E-state index < -0.39 is 6.04 Å². The molecule has 1 fully saturated rings. The molecule has 2 N–H and O–H groups in total. The van der Waals surface area contributed by atoms with Crippen LogP contribution in [0.15, 0.2) is 30.5 Å². The zero-order chi connectivity index (χ0) is 15.0. The third kappa shape index (κ3) is 2.51. The number of carbonyl (C=O) groups excluding carboxylic acids is 2. The summed E-state index contributed by atoms with van der Waals surface area (Å²) in [6.45, 7) is 4.47. The summed E-state index contributed by atoms with van der Waals surface area (Å²) in [5.74, 6) is -0.00441. The number of hydrogen-bond acceptors (Lipinski definition) is 2. The standard InChI is InChI=1S/C16H19N3O2/c1-10(2)15-16(21)19(9-14(20)18-15)8-11-7-17-13-6-4-3-5-12(11)13/h3-7,10,15,17H,8-9H2,1-2H3,(H,18,20).